The number of ketones is 1. The summed E-state index contributed by atoms with van der Waals surface area (Å²) in [5.41, 5.74) is 7.08. The molecule has 2 aromatic carbocycles. The highest BCUT2D eigenvalue weighted by atomic mass is 16.6. The Balaban J connectivity index is 2.37. The molecule has 0 radical (unpaired) electrons. The number of nitrogens with zero attached hydrogens (tertiary/aromatic N) is 2. The summed E-state index contributed by atoms with van der Waals surface area (Å²) < 4.78 is 1.84. The maximum Gasteiger partial charge on any atom is 0.289 e. The van der Waals surface area contributed by atoms with E-state index in [-0.39, 0.29) is 16.6 Å². The molecule has 0 aliphatic rings. The van der Waals surface area contributed by atoms with E-state index in [1.165, 1.54) is 6.07 Å². The molecule has 1 aromatic heterocycles. The summed E-state index contributed by atoms with van der Waals surface area (Å²) in [7, 11) is 0. The van der Waals surface area contributed by atoms with Crippen LogP contribution >= 0.6 is 0 Å². The van der Waals surface area contributed by atoms with Crippen LogP contribution in [0.5, 0.6) is 0 Å². The molecule has 1 amide bonds. The zero-order chi connectivity index (χ0) is 18.8. The van der Waals surface area contributed by atoms with Gasteiger partial charge in [-0.05, 0) is 18.1 Å². The average molecular weight is 351 g/mol. The van der Waals surface area contributed by atoms with Crippen molar-refractivity contribution in [3.63, 3.8) is 0 Å². The van der Waals surface area contributed by atoms with E-state index in [1.54, 1.807) is 12.1 Å². The van der Waals surface area contributed by atoms with Crippen LogP contribution < -0.4 is 5.73 Å². The van der Waals surface area contributed by atoms with Crippen LogP contribution in [0.1, 0.15) is 28.5 Å². The highest BCUT2D eigenvalue weighted by Gasteiger charge is 2.29. The van der Waals surface area contributed by atoms with Crippen molar-refractivity contribution in [2.45, 2.75) is 19.9 Å². The molecule has 0 saturated heterocycles. The molecule has 3 aromatic rings. The van der Waals surface area contributed by atoms with Crippen molar-refractivity contribution in [3.05, 3.63) is 75.5 Å². The predicted octanol–water partition coefficient (Wildman–Crippen LogP) is 2.83. The van der Waals surface area contributed by atoms with E-state index in [0.29, 0.717) is 24.2 Å². The van der Waals surface area contributed by atoms with Gasteiger partial charge < -0.3 is 10.3 Å². The quantitative estimate of drug-likeness (QED) is 0.319. The summed E-state index contributed by atoms with van der Waals surface area (Å²) in [5, 5.41) is 11.7. The minimum absolute atomic E-state index is 0.0261. The van der Waals surface area contributed by atoms with Gasteiger partial charge in [-0.15, -0.1) is 0 Å². The molecule has 7 nitrogen and oxygen atoms in total. The lowest BCUT2D eigenvalue weighted by molar-refractivity contribution is -0.383. The van der Waals surface area contributed by atoms with Crippen molar-refractivity contribution >= 4 is 28.3 Å². The molecule has 2 N–H and O–H groups in total. The molecular formula is C19H17N3O4. The summed E-state index contributed by atoms with van der Waals surface area (Å²) in [5.74, 6) is -2.04. The largest absolute Gasteiger partial charge is 0.363 e. The molecule has 0 spiro atoms. The third-order valence-electron chi connectivity index (χ3n) is 4.34. The number of nitro benzene ring substituents is 1. The number of aromatic nitrogens is 1. The first-order valence-electron chi connectivity index (χ1n) is 8.12. The molecule has 0 saturated carbocycles. The second-order valence-electron chi connectivity index (χ2n) is 5.87. The van der Waals surface area contributed by atoms with Gasteiger partial charge in [0.15, 0.2) is 0 Å². The lowest BCUT2D eigenvalue weighted by atomic mass is 10.0. The smallest absolute Gasteiger partial charge is 0.289 e. The van der Waals surface area contributed by atoms with Crippen LogP contribution in [0.15, 0.2) is 48.5 Å². The standard InChI is InChI=1S/C19H17N3O4/c1-2-13-17(18(23)19(20)24)16-14(9-6-10-15(16)22(25)26)21(13)11-12-7-4-3-5-8-12/h3-10H,2,11H2,1H3,(H2,20,24). The minimum atomic E-state index is -1.13. The van der Waals surface area contributed by atoms with Crippen molar-refractivity contribution in [2.24, 2.45) is 5.73 Å². The number of nitrogens with two attached hydrogens (primary N) is 1. The zero-order valence-corrected chi connectivity index (χ0v) is 14.1. The van der Waals surface area contributed by atoms with Gasteiger partial charge in [-0.1, -0.05) is 43.3 Å². The van der Waals surface area contributed by atoms with Crippen molar-refractivity contribution in [1.29, 1.82) is 0 Å². The number of non-ortho nitro benzene ring substituents is 1. The number of carbonyl (C=O) groups is 2. The summed E-state index contributed by atoms with van der Waals surface area (Å²) in [4.78, 5) is 35.0. The Hall–Kier alpha value is -3.48. The number of rotatable bonds is 6. The highest BCUT2D eigenvalue weighted by Crippen LogP contribution is 2.34. The highest BCUT2D eigenvalue weighted by molar-refractivity contribution is 6.45. The first kappa shape index (κ1) is 17.3. The Morgan fingerprint density at radius 2 is 1.81 bits per heavy atom. The van der Waals surface area contributed by atoms with Crippen molar-refractivity contribution in [1.82, 2.24) is 4.57 Å². The number of fused-ring (bicyclic) bond motifs is 1. The monoisotopic (exact) mass is 351 g/mol. The summed E-state index contributed by atoms with van der Waals surface area (Å²) >= 11 is 0. The van der Waals surface area contributed by atoms with Gasteiger partial charge in [-0.2, -0.15) is 0 Å². The van der Waals surface area contributed by atoms with E-state index in [1.807, 2.05) is 41.8 Å². The molecule has 3 rings (SSSR count). The third-order valence-corrected chi connectivity index (χ3v) is 4.34. The maximum atomic E-state index is 12.5. The number of Topliss-reactive ketones (excluding diaryl/α,β-unsaturated/α-hetero) is 1. The topological polar surface area (TPSA) is 108 Å². The number of hydrogen-bond donors (Lipinski definition) is 1. The molecule has 0 atom stereocenters. The fraction of sp³-hybridized carbons (Fsp3) is 0.158. The van der Waals surface area contributed by atoms with Crippen LogP contribution in [-0.2, 0) is 17.8 Å². The number of amides is 1. The first-order valence-corrected chi connectivity index (χ1v) is 8.12. The molecule has 1 heterocycles. The number of primary amides is 1. The Morgan fingerprint density at radius 3 is 2.38 bits per heavy atom. The fourth-order valence-corrected chi connectivity index (χ4v) is 3.27. The molecule has 0 unspecified atom stereocenters. The minimum Gasteiger partial charge on any atom is -0.363 e. The molecule has 7 heteroatoms. The lowest BCUT2D eigenvalue weighted by Crippen LogP contribution is -2.24. The van der Waals surface area contributed by atoms with E-state index in [9.17, 15) is 19.7 Å². The normalized spacial score (nSPS) is 10.8. The van der Waals surface area contributed by atoms with Gasteiger partial charge in [0.1, 0.15) is 0 Å². The Kier molecular flexibility index (Phi) is 4.53. The van der Waals surface area contributed by atoms with Gasteiger partial charge in [0.2, 0.25) is 0 Å². The molecule has 26 heavy (non-hydrogen) atoms. The van der Waals surface area contributed by atoms with Gasteiger partial charge >= 0.3 is 0 Å². The Bertz CT molecular complexity index is 1020. The van der Waals surface area contributed by atoms with Crippen LogP contribution in [0, 0.1) is 10.1 Å². The van der Waals surface area contributed by atoms with Gasteiger partial charge in [0, 0.05) is 18.3 Å². The fourth-order valence-electron chi connectivity index (χ4n) is 3.27. The SMILES string of the molecule is CCc1c(C(=O)C(N)=O)c2c([N+](=O)[O-])cccc2n1Cc1ccccc1. The first-order chi connectivity index (χ1) is 12.5. The second kappa shape index (κ2) is 6.79. The van der Waals surface area contributed by atoms with Crippen molar-refractivity contribution in [3.8, 4) is 0 Å². The molecule has 132 valence electrons. The predicted molar refractivity (Wildman–Crippen MR) is 97.0 cm³/mol. The second-order valence-corrected chi connectivity index (χ2v) is 5.87. The molecule has 0 aliphatic carbocycles. The van der Waals surface area contributed by atoms with Crippen LogP contribution in [0.4, 0.5) is 5.69 Å². The van der Waals surface area contributed by atoms with E-state index < -0.39 is 16.6 Å². The summed E-state index contributed by atoms with van der Waals surface area (Å²) in [6.07, 6.45) is 0.424. The van der Waals surface area contributed by atoms with Gasteiger partial charge in [0.05, 0.1) is 21.4 Å². The van der Waals surface area contributed by atoms with Gasteiger partial charge in [0.25, 0.3) is 17.4 Å². The van der Waals surface area contributed by atoms with Crippen molar-refractivity contribution < 1.29 is 14.5 Å². The van der Waals surface area contributed by atoms with Crippen LogP contribution in [0.3, 0.4) is 0 Å². The average Bonchev–Trinajstić information content (AvgIpc) is 2.95. The van der Waals surface area contributed by atoms with Gasteiger partial charge in [-0.3, -0.25) is 19.7 Å². The Morgan fingerprint density at radius 1 is 1.12 bits per heavy atom. The van der Waals surface area contributed by atoms with E-state index >= 15 is 0 Å². The van der Waals surface area contributed by atoms with E-state index in [2.05, 4.69) is 0 Å². The van der Waals surface area contributed by atoms with Crippen LogP contribution in [0.25, 0.3) is 10.9 Å². The number of benzene rings is 2. The summed E-state index contributed by atoms with van der Waals surface area (Å²) in [6.45, 7) is 2.26. The Labute approximate surface area is 149 Å². The third kappa shape index (κ3) is 2.83. The van der Waals surface area contributed by atoms with E-state index in [4.69, 9.17) is 5.73 Å². The molecule has 0 fully saturated rings. The zero-order valence-electron chi connectivity index (χ0n) is 14.1. The maximum absolute atomic E-state index is 12.5. The van der Waals surface area contributed by atoms with Crippen LogP contribution in [0.2, 0.25) is 0 Å². The molecule has 0 aliphatic heterocycles. The number of carbonyl (C=O) groups excluding carboxylic acids is 2. The van der Waals surface area contributed by atoms with Gasteiger partial charge in [-0.25, -0.2) is 0 Å². The lowest BCUT2D eigenvalue weighted by Gasteiger charge is -2.10. The molecular weight excluding hydrogens is 334 g/mol. The van der Waals surface area contributed by atoms with Crippen LogP contribution in [-0.4, -0.2) is 21.2 Å². The van der Waals surface area contributed by atoms with E-state index in [0.717, 1.165) is 5.56 Å². The summed E-state index contributed by atoms with van der Waals surface area (Å²) in [6, 6.07) is 14.1. The number of hydrogen-bond acceptors (Lipinski definition) is 4. The number of nitro groups is 1. The van der Waals surface area contributed by atoms with Crippen molar-refractivity contribution in [2.75, 3.05) is 0 Å². The molecule has 0 bridgehead atoms.